The Hall–Kier alpha value is -2.55. The standard InChI is InChI=1S/C21H18N3.Fe/c1-3-8-18(9-4-1)22-16-14-20-12-7-13-21(24-20)15-17-23-19-10-5-2-6-11-19;/h1-6,8-13,16-17H,14-15H2;/q-1;. The molecular weight excluding hydrogens is 350 g/mol. The first-order valence-electron chi connectivity index (χ1n) is 7.91. The van der Waals surface area contributed by atoms with Crippen LogP contribution in [0.4, 0.5) is 11.4 Å². The van der Waals surface area contributed by atoms with Crippen LogP contribution < -0.4 is 0 Å². The SMILES string of the molecule is [Fe].[c-]1cc(CC=Nc2ccccc2)nc(CC=Nc2ccccc2)c1. The van der Waals surface area contributed by atoms with Crippen LogP contribution in [0.3, 0.4) is 0 Å². The molecule has 0 spiro atoms. The molecule has 0 aliphatic carbocycles. The van der Waals surface area contributed by atoms with Gasteiger partial charge in [0.2, 0.25) is 0 Å². The van der Waals surface area contributed by atoms with Crippen molar-refractivity contribution in [2.45, 2.75) is 12.8 Å². The molecule has 25 heavy (non-hydrogen) atoms. The third-order valence-electron chi connectivity index (χ3n) is 3.38. The van der Waals surface area contributed by atoms with Gasteiger partial charge in [0.1, 0.15) is 0 Å². The number of benzene rings is 2. The second kappa shape index (κ2) is 10.3. The van der Waals surface area contributed by atoms with Crippen LogP contribution in [0.15, 0.2) is 82.8 Å². The second-order valence-corrected chi connectivity index (χ2v) is 5.25. The quantitative estimate of drug-likeness (QED) is 0.351. The van der Waals surface area contributed by atoms with Crippen LogP contribution in [0.2, 0.25) is 0 Å². The van der Waals surface area contributed by atoms with Crippen LogP contribution in [0.5, 0.6) is 0 Å². The van der Waals surface area contributed by atoms with Crippen molar-refractivity contribution in [3.05, 3.63) is 90.3 Å². The molecule has 126 valence electrons. The summed E-state index contributed by atoms with van der Waals surface area (Å²) in [6.45, 7) is 0. The summed E-state index contributed by atoms with van der Waals surface area (Å²) in [6, 6.07) is 26.7. The van der Waals surface area contributed by atoms with Crippen molar-refractivity contribution in [2.24, 2.45) is 9.98 Å². The molecule has 3 aromatic rings. The Kier molecular flexibility index (Phi) is 7.77. The largest absolute Gasteiger partial charge is 0.383 e. The average molecular weight is 368 g/mol. The maximum Gasteiger partial charge on any atom is 0.0625 e. The first-order valence-corrected chi connectivity index (χ1v) is 7.91. The second-order valence-electron chi connectivity index (χ2n) is 5.25. The zero-order chi connectivity index (χ0) is 16.5. The molecular formula is C21H18FeN3-. The van der Waals surface area contributed by atoms with E-state index >= 15 is 0 Å². The molecule has 4 heteroatoms. The molecule has 0 aliphatic rings. The number of hydrogen-bond donors (Lipinski definition) is 0. The molecule has 0 fully saturated rings. The van der Waals surface area contributed by atoms with E-state index in [1.807, 2.05) is 85.2 Å². The minimum absolute atomic E-state index is 0. The number of nitrogens with zero attached hydrogens (tertiary/aromatic N) is 3. The smallest absolute Gasteiger partial charge is 0.0625 e. The van der Waals surface area contributed by atoms with Gasteiger partial charge in [-0.15, -0.1) is 0 Å². The Morgan fingerprint density at radius 1 is 0.720 bits per heavy atom. The van der Waals surface area contributed by atoms with E-state index < -0.39 is 0 Å². The summed E-state index contributed by atoms with van der Waals surface area (Å²) in [5.41, 5.74) is 3.82. The van der Waals surface area contributed by atoms with E-state index in [1.165, 1.54) is 0 Å². The number of rotatable bonds is 6. The van der Waals surface area contributed by atoms with Crippen LogP contribution >= 0.6 is 0 Å². The number of para-hydroxylation sites is 2. The van der Waals surface area contributed by atoms with Crippen LogP contribution in [-0.2, 0) is 29.9 Å². The van der Waals surface area contributed by atoms with E-state index in [1.54, 1.807) is 0 Å². The average Bonchev–Trinajstić information content (AvgIpc) is 2.64. The van der Waals surface area contributed by atoms with Gasteiger partial charge in [0, 0.05) is 17.1 Å². The van der Waals surface area contributed by atoms with Crippen molar-refractivity contribution in [1.29, 1.82) is 0 Å². The molecule has 0 atom stereocenters. The molecule has 2 aromatic carbocycles. The number of aromatic nitrogens is 1. The van der Waals surface area contributed by atoms with Crippen molar-refractivity contribution in [3.8, 4) is 0 Å². The number of hydrogen-bond acceptors (Lipinski definition) is 3. The Labute approximate surface area is 159 Å². The summed E-state index contributed by atoms with van der Waals surface area (Å²) in [4.78, 5) is 13.5. The van der Waals surface area contributed by atoms with Crippen molar-refractivity contribution in [1.82, 2.24) is 4.98 Å². The fraction of sp³-hybridized carbons (Fsp3) is 0.0952. The molecule has 1 heterocycles. The normalized spacial score (nSPS) is 10.9. The molecule has 0 saturated carbocycles. The van der Waals surface area contributed by atoms with E-state index in [-0.39, 0.29) is 17.1 Å². The molecule has 0 N–H and O–H groups in total. The van der Waals surface area contributed by atoms with Gasteiger partial charge in [0.15, 0.2) is 0 Å². The predicted molar refractivity (Wildman–Crippen MR) is 99.7 cm³/mol. The predicted octanol–water partition coefficient (Wildman–Crippen LogP) is 4.77. The molecule has 3 rings (SSSR count). The molecule has 1 aromatic heterocycles. The summed E-state index contributed by atoms with van der Waals surface area (Å²) < 4.78 is 0. The van der Waals surface area contributed by atoms with E-state index in [2.05, 4.69) is 21.0 Å². The van der Waals surface area contributed by atoms with Gasteiger partial charge in [0.25, 0.3) is 0 Å². The Morgan fingerprint density at radius 3 is 1.60 bits per heavy atom. The van der Waals surface area contributed by atoms with Gasteiger partial charge in [-0.05, 0) is 49.5 Å². The fourth-order valence-corrected chi connectivity index (χ4v) is 2.21. The van der Waals surface area contributed by atoms with Crippen molar-refractivity contribution in [3.63, 3.8) is 0 Å². The summed E-state index contributed by atoms with van der Waals surface area (Å²) >= 11 is 0. The van der Waals surface area contributed by atoms with Crippen molar-refractivity contribution < 1.29 is 17.1 Å². The van der Waals surface area contributed by atoms with Gasteiger partial charge in [-0.3, -0.25) is 9.98 Å². The van der Waals surface area contributed by atoms with E-state index in [4.69, 9.17) is 0 Å². The van der Waals surface area contributed by atoms with Gasteiger partial charge >= 0.3 is 0 Å². The van der Waals surface area contributed by atoms with Crippen molar-refractivity contribution in [2.75, 3.05) is 0 Å². The van der Waals surface area contributed by atoms with Crippen molar-refractivity contribution >= 4 is 23.8 Å². The minimum Gasteiger partial charge on any atom is -0.383 e. The molecule has 0 radical (unpaired) electrons. The van der Waals surface area contributed by atoms with Crippen LogP contribution in [0, 0.1) is 6.07 Å². The molecule has 0 saturated heterocycles. The molecule has 0 unspecified atom stereocenters. The third-order valence-corrected chi connectivity index (χ3v) is 3.38. The third kappa shape index (κ3) is 6.46. The molecule has 0 bridgehead atoms. The maximum absolute atomic E-state index is 4.62. The summed E-state index contributed by atoms with van der Waals surface area (Å²) in [5, 5.41) is 0. The topological polar surface area (TPSA) is 37.6 Å². The number of pyridine rings is 1. The van der Waals surface area contributed by atoms with E-state index in [0.29, 0.717) is 12.8 Å². The van der Waals surface area contributed by atoms with Crippen LogP contribution in [0.1, 0.15) is 11.4 Å². The Balaban J connectivity index is 0.00000225. The summed E-state index contributed by atoms with van der Waals surface area (Å²) in [7, 11) is 0. The van der Waals surface area contributed by atoms with Crippen LogP contribution in [0.25, 0.3) is 0 Å². The minimum atomic E-state index is 0. The van der Waals surface area contributed by atoms with Crippen LogP contribution in [-0.4, -0.2) is 17.4 Å². The van der Waals surface area contributed by atoms with E-state index in [9.17, 15) is 0 Å². The zero-order valence-corrected chi connectivity index (χ0v) is 14.8. The first-order chi connectivity index (χ1) is 11.9. The molecule has 0 aliphatic heterocycles. The van der Waals surface area contributed by atoms with Gasteiger partial charge < -0.3 is 4.98 Å². The van der Waals surface area contributed by atoms with E-state index in [0.717, 1.165) is 22.8 Å². The molecule has 3 nitrogen and oxygen atoms in total. The molecule has 0 amide bonds. The van der Waals surface area contributed by atoms with Gasteiger partial charge in [-0.25, -0.2) is 0 Å². The summed E-state index contributed by atoms with van der Waals surface area (Å²) in [5.74, 6) is 0. The maximum atomic E-state index is 4.62. The Morgan fingerprint density at radius 2 is 1.16 bits per heavy atom. The van der Waals surface area contributed by atoms with Gasteiger partial charge in [-0.2, -0.15) is 18.2 Å². The first kappa shape index (κ1) is 18.8. The zero-order valence-electron chi connectivity index (χ0n) is 13.7. The Bertz CT molecular complexity index is 748. The van der Waals surface area contributed by atoms with Gasteiger partial charge in [-0.1, -0.05) is 47.8 Å². The summed E-state index contributed by atoms with van der Waals surface area (Å²) in [6.07, 6.45) is 5.14. The fourth-order valence-electron chi connectivity index (χ4n) is 2.21. The monoisotopic (exact) mass is 368 g/mol. The number of aliphatic imine (C=N–C) groups is 2. The van der Waals surface area contributed by atoms with Gasteiger partial charge in [0.05, 0.1) is 11.4 Å².